The van der Waals surface area contributed by atoms with E-state index >= 15 is 0 Å². The average molecular weight is 610 g/mol. The zero-order chi connectivity index (χ0) is 29.8. The van der Waals surface area contributed by atoms with Crippen LogP contribution in [0.4, 0.5) is 32.9 Å². The van der Waals surface area contributed by atoms with Crippen LogP contribution in [0.3, 0.4) is 0 Å². The van der Waals surface area contributed by atoms with E-state index in [0.29, 0.717) is 18.0 Å². The minimum Gasteiger partial charge on any atom is -0.475 e. The van der Waals surface area contributed by atoms with Crippen molar-refractivity contribution in [2.75, 3.05) is 24.1 Å². The Balaban J connectivity index is 0.000000559. The molecule has 1 aliphatic rings. The van der Waals surface area contributed by atoms with Crippen molar-refractivity contribution >= 4 is 44.1 Å². The molecular weight excluding hydrogens is 589 g/mol. The number of thiazole rings is 1. The molecule has 0 aliphatic carbocycles. The number of aromatic amines is 1. The number of aliphatic carboxylic acids is 1. The molecule has 11 nitrogen and oxygen atoms in total. The molecule has 4 rings (SSSR count). The van der Waals surface area contributed by atoms with Gasteiger partial charge in [0.15, 0.2) is 5.13 Å². The van der Waals surface area contributed by atoms with Gasteiger partial charge in [-0.1, -0.05) is 17.4 Å². The Hall–Kier alpha value is -3.90. The first kappa shape index (κ1) is 30.6. The molecule has 1 aliphatic heterocycles. The number of carbonyl (C=O) groups is 2. The molecule has 0 radical (unpaired) electrons. The number of carboxylic acids is 1. The van der Waals surface area contributed by atoms with Crippen LogP contribution in [0.2, 0.25) is 0 Å². The summed E-state index contributed by atoms with van der Waals surface area (Å²) in [6, 6.07) is 5.40. The second-order valence-electron chi connectivity index (χ2n) is 8.17. The molecule has 1 fully saturated rings. The Kier molecular flexibility index (Phi) is 9.26. The lowest BCUT2D eigenvalue weighted by molar-refractivity contribution is -0.192. The minimum atomic E-state index is -5.08. The van der Waals surface area contributed by atoms with Crippen LogP contribution in [0.1, 0.15) is 28.1 Å². The number of nitrogen functional groups attached to an aromatic ring is 1. The van der Waals surface area contributed by atoms with Crippen molar-refractivity contribution in [2.24, 2.45) is 0 Å². The lowest BCUT2D eigenvalue weighted by atomic mass is 10.1. The number of pyridine rings is 1. The summed E-state index contributed by atoms with van der Waals surface area (Å²) in [5, 5.41) is 10.5. The van der Waals surface area contributed by atoms with Crippen LogP contribution in [-0.2, 0) is 14.8 Å². The number of hydrogen-bond donors (Lipinski definition) is 4. The molecule has 1 aromatic carbocycles. The van der Waals surface area contributed by atoms with E-state index in [1.54, 1.807) is 0 Å². The van der Waals surface area contributed by atoms with E-state index < -0.39 is 50.7 Å². The number of H-pyrrole nitrogens is 1. The Morgan fingerprint density at radius 1 is 1.12 bits per heavy atom. The first-order chi connectivity index (χ1) is 18.6. The molecule has 3 heterocycles. The number of nitrogens with zero attached hydrogens (tertiary/aromatic N) is 2. The standard InChI is InChI=1S/C20H19F2N5O4S2.C2HF3O2/c21-13-2-1-3-14(22)16(13)17(29)18-19(23)26-20(32-18)25-11-6-8-27(9-7-11)33(30,31)12-4-5-15(28)24-10-12;3-2(4,5)1(6)7/h1-5,10-11H,6-9,23H2,(H,24,28)(H,25,26);(H,6,7). The van der Waals surface area contributed by atoms with Gasteiger partial charge in [0, 0.05) is 31.4 Å². The molecule has 18 heteroatoms. The molecule has 3 aromatic rings. The van der Waals surface area contributed by atoms with Crippen molar-refractivity contribution in [1.29, 1.82) is 0 Å². The molecule has 0 amide bonds. The fourth-order valence-electron chi connectivity index (χ4n) is 3.51. The topological polar surface area (TPSA) is 176 Å². The number of hydrogen-bond acceptors (Lipinski definition) is 9. The number of ketones is 1. The number of nitrogens with two attached hydrogens (primary N) is 1. The monoisotopic (exact) mass is 609 g/mol. The number of carbonyl (C=O) groups excluding carboxylic acids is 1. The highest BCUT2D eigenvalue weighted by Gasteiger charge is 2.38. The predicted octanol–water partition coefficient (Wildman–Crippen LogP) is 2.82. The summed E-state index contributed by atoms with van der Waals surface area (Å²) < 4.78 is 86.5. The van der Waals surface area contributed by atoms with E-state index in [2.05, 4.69) is 15.3 Å². The number of anilines is 2. The van der Waals surface area contributed by atoms with Gasteiger partial charge < -0.3 is 21.1 Å². The lowest BCUT2D eigenvalue weighted by Gasteiger charge is -2.31. The van der Waals surface area contributed by atoms with Crippen LogP contribution in [-0.4, -0.2) is 64.9 Å². The van der Waals surface area contributed by atoms with Crippen LogP contribution in [0.15, 0.2) is 46.2 Å². The van der Waals surface area contributed by atoms with E-state index in [4.69, 9.17) is 15.6 Å². The van der Waals surface area contributed by atoms with Crippen molar-refractivity contribution in [2.45, 2.75) is 30.0 Å². The predicted molar refractivity (Wildman–Crippen MR) is 132 cm³/mol. The molecular formula is C22H20F5N5O6S2. The number of alkyl halides is 3. The third-order valence-corrected chi connectivity index (χ3v) is 8.36. The van der Waals surface area contributed by atoms with Crippen molar-refractivity contribution in [3.63, 3.8) is 0 Å². The average Bonchev–Trinajstić information content (AvgIpc) is 3.24. The maximum atomic E-state index is 14.0. The Bertz CT molecular complexity index is 1530. The molecule has 1 saturated heterocycles. The summed E-state index contributed by atoms with van der Waals surface area (Å²) in [6.07, 6.45) is -3.02. The lowest BCUT2D eigenvalue weighted by Crippen LogP contribution is -2.42. The highest BCUT2D eigenvalue weighted by molar-refractivity contribution is 7.89. The number of halogens is 5. The summed E-state index contributed by atoms with van der Waals surface area (Å²) >= 11 is 0.882. The van der Waals surface area contributed by atoms with Gasteiger partial charge in [0.05, 0.1) is 10.5 Å². The SMILES string of the molecule is Nc1nc(NC2CCN(S(=O)(=O)c3ccc(=O)[nH]c3)CC2)sc1C(=O)c1c(F)cccc1F.O=C(O)C(F)(F)F. The van der Waals surface area contributed by atoms with Crippen LogP contribution in [0, 0.1) is 11.6 Å². The number of benzene rings is 1. The third-order valence-electron chi connectivity index (χ3n) is 5.47. The summed E-state index contributed by atoms with van der Waals surface area (Å²) in [7, 11) is -3.74. The number of sulfonamides is 1. The maximum absolute atomic E-state index is 14.0. The maximum Gasteiger partial charge on any atom is 0.490 e. The summed E-state index contributed by atoms with van der Waals surface area (Å²) in [6.45, 7) is 0.457. The zero-order valence-electron chi connectivity index (χ0n) is 20.0. The molecule has 0 bridgehead atoms. The Morgan fingerprint density at radius 2 is 1.70 bits per heavy atom. The molecule has 40 heavy (non-hydrogen) atoms. The number of rotatable bonds is 6. The van der Waals surface area contributed by atoms with E-state index in [1.807, 2.05) is 0 Å². The summed E-state index contributed by atoms with van der Waals surface area (Å²) in [5.74, 6) is -5.77. The van der Waals surface area contributed by atoms with E-state index in [-0.39, 0.29) is 34.7 Å². The molecule has 2 aromatic heterocycles. The van der Waals surface area contributed by atoms with Crippen LogP contribution in [0.5, 0.6) is 0 Å². The first-order valence-corrected chi connectivity index (χ1v) is 13.4. The number of nitrogens with one attached hydrogen (secondary N) is 2. The molecule has 0 saturated carbocycles. The van der Waals surface area contributed by atoms with Gasteiger partial charge in [-0.3, -0.25) is 9.59 Å². The van der Waals surface area contributed by atoms with Gasteiger partial charge in [0.2, 0.25) is 21.4 Å². The highest BCUT2D eigenvalue weighted by Crippen LogP contribution is 2.31. The number of aromatic nitrogens is 2. The largest absolute Gasteiger partial charge is 0.490 e. The third kappa shape index (κ3) is 7.19. The number of piperidine rings is 1. The Labute approximate surface area is 226 Å². The van der Waals surface area contributed by atoms with Gasteiger partial charge in [0.25, 0.3) is 0 Å². The van der Waals surface area contributed by atoms with E-state index in [1.165, 1.54) is 10.4 Å². The van der Waals surface area contributed by atoms with Crippen molar-refractivity contribution in [1.82, 2.24) is 14.3 Å². The minimum absolute atomic E-state index is 0.00439. The van der Waals surface area contributed by atoms with E-state index in [9.17, 15) is 40.0 Å². The molecule has 0 atom stereocenters. The fourth-order valence-corrected chi connectivity index (χ4v) is 5.85. The van der Waals surface area contributed by atoms with Crippen molar-refractivity contribution < 1.29 is 45.1 Å². The van der Waals surface area contributed by atoms with Crippen LogP contribution in [0.25, 0.3) is 0 Å². The fraction of sp³-hybridized carbons (Fsp3) is 0.273. The second-order valence-corrected chi connectivity index (χ2v) is 11.1. The van der Waals surface area contributed by atoms with Crippen LogP contribution < -0.4 is 16.6 Å². The van der Waals surface area contributed by atoms with Gasteiger partial charge >= 0.3 is 12.1 Å². The zero-order valence-corrected chi connectivity index (χ0v) is 21.7. The van der Waals surface area contributed by atoms with Gasteiger partial charge in [-0.2, -0.15) is 17.5 Å². The molecule has 5 N–H and O–H groups in total. The first-order valence-electron chi connectivity index (χ1n) is 11.1. The quantitative estimate of drug-likeness (QED) is 0.242. The normalized spacial score (nSPS) is 14.7. The summed E-state index contributed by atoms with van der Waals surface area (Å²) in [4.78, 5) is 39.0. The number of carboxylic acid groups (broad SMARTS) is 1. The molecule has 0 unspecified atom stereocenters. The van der Waals surface area contributed by atoms with E-state index in [0.717, 1.165) is 41.8 Å². The molecule has 216 valence electrons. The Morgan fingerprint density at radius 3 is 2.20 bits per heavy atom. The van der Waals surface area contributed by atoms with Gasteiger partial charge in [0.1, 0.15) is 22.3 Å². The second kappa shape index (κ2) is 12.1. The molecule has 0 spiro atoms. The van der Waals surface area contributed by atoms with Gasteiger partial charge in [-0.25, -0.2) is 27.0 Å². The highest BCUT2D eigenvalue weighted by atomic mass is 32.2. The van der Waals surface area contributed by atoms with Crippen molar-refractivity contribution in [3.8, 4) is 0 Å². The van der Waals surface area contributed by atoms with Crippen molar-refractivity contribution in [3.05, 3.63) is 69.0 Å². The van der Waals surface area contributed by atoms with Crippen LogP contribution >= 0.6 is 11.3 Å². The summed E-state index contributed by atoms with van der Waals surface area (Å²) in [5.41, 5.74) is 4.73. The van der Waals surface area contributed by atoms with Gasteiger partial charge in [-0.05, 0) is 31.0 Å². The van der Waals surface area contributed by atoms with Gasteiger partial charge in [-0.15, -0.1) is 0 Å². The smallest absolute Gasteiger partial charge is 0.475 e.